The fraction of sp³-hybridized carbons (Fsp3) is 0.133. The van der Waals surface area contributed by atoms with Crippen LogP contribution in [0.15, 0.2) is 53.0 Å². The number of carbonyl (C=O) groups excluding carboxylic acids is 1. The first-order valence-corrected chi connectivity index (χ1v) is 6.43. The van der Waals surface area contributed by atoms with Crippen LogP contribution in [-0.2, 0) is 0 Å². The Morgan fingerprint density at radius 2 is 1.78 bits per heavy atom. The van der Waals surface area contributed by atoms with Crippen LogP contribution in [0.5, 0.6) is 0 Å². The van der Waals surface area contributed by atoms with Gasteiger partial charge in [0.2, 0.25) is 0 Å². The van der Waals surface area contributed by atoms with Gasteiger partial charge in [0, 0.05) is 5.92 Å². The van der Waals surface area contributed by atoms with Crippen LogP contribution in [0.3, 0.4) is 0 Å². The molecule has 0 heterocycles. The Morgan fingerprint density at radius 3 is 2.44 bits per heavy atom. The summed E-state index contributed by atoms with van der Waals surface area (Å²) < 4.78 is 14.2. The third kappa shape index (κ3) is 2.51. The van der Waals surface area contributed by atoms with Crippen molar-refractivity contribution in [2.45, 2.75) is 12.8 Å². The summed E-state index contributed by atoms with van der Waals surface area (Å²) in [7, 11) is 0. The van der Waals surface area contributed by atoms with Crippen LogP contribution in [0.1, 0.15) is 28.8 Å². The third-order valence-electron chi connectivity index (χ3n) is 2.91. The second-order valence-electron chi connectivity index (χ2n) is 4.10. The molecule has 0 amide bonds. The van der Waals surface area contributed by atoms with E-state index in [0.717, 1.165) is 5.56 Å². The monoisotopic (exact) mass is 306 g/mol. The van der Waals surface area contributed by atoms with Crippen molar-refractivity contribution in [3.05, 3.63) is 69.9 Å². The molecular formula is C15H12BrFO. The van der Waals surface area contributed by atoms with Gasteiger partial charge in [-0.25, -0.2) is 4.39 Å². The summed E-state index contributed by atoms with van der Waals surface area (Å²) in [6, 6.07) is 14.1. The lowest BCUT2D eigenvalue weighted by atomic mass is 9.92. The molecule has 0 N–H and O–H groups in total. The zero-order chi connectivity index (χ0) is 13.1. The van der Waals surface area contributed by atoms with E-state index in [9.17, 15) is 9.18 Å². The Morgan fingerprint density at radius 1 is 1.11 bits per heavy atom. The standard InChI is InChI=1S/C15H12BrFO/c1-10(11-6-3-2-4-7-11)15(18)12-8-5-9-13(16)14(12)17/h2-10H,1H3. The molecule has 0 saturated heterocycles. The van der Waals surface area contributed by atoms with Gasteiger partial charge in [-0.15, -0.1) is 0 Å². The molecule has 1 nitrogen and oxygen atoms in total. The molecular weight excluding hydrogens is 295 g/mol. The topological polar surface area (TPSA) is 17.1 Å². The summed E-state index contributed by atoms with van der Waals surface area (Å²) in [6.45, 7) is 1.79. The highest BCUT2D eigenvalue weighted by Gasteiger charge is 2.21. The highest BCUT2D eigenvalue weighted by molar-refractivity contribution is 9.10. The molecule has 2 rings (SSSR count). The van der Waals surface area contributed by atoms with Gasteiger partial charge in [0.25, 0.3) is 0 Å². The summed E-state index contributed by atoms with van der Waals surface area (Å²) in [5, 5.41) is 0. The molecule has 2 aromatic carbocycles. The van der Waals surface area contributed by atoms with E-state index >= 15 is 0 Å². The minimum absolute atomic E-state index is 0.126. The highest BCUT2D eigenvalue weighted by atomic mass is 79.9. The van der Waals surface area contributed by atoms with Crippen molar-refractivity contribution in [3.63, 3.8) is 0 Å². The molecule has 0 bridgehead atoms. The summed E-state index contributed by atoms with van der Waals surface area (Å²) in [4.78, 5) is 12.3. The zero-order valence-corrected chi connectivity index (χ0v) is 11.4. The molecule has 0 aliphatic rings. The van der Waals surface area contributed by atoms with Gasteiger partial charge in [0.15, 0.2) is 5.78 Å². The Kier molecular flexibility index (Phi) is 3.92. The first-order valence-electron chi connectivity index (χ1n) is 5.64. The van der Waals surface area contributed by atoms with E-state index in [2.05, 4.69) is 15.9 Å². The normalized spacial score (nSPS) is 12.2. The van der Waals surface area contributed by atoms with Gasteiger partial charge in [-0.1, -0.05) is 43.3 Å². The van der Waals surface area contributed by atoms with E-state index in [1.807, 2.05) is 30.3 Å². The molecule has 0 spiro atoms. The van der Waals surface area contributed by atoms with Crippen molar-refractivity contribution in [3.8, 4) is 0 Å². The van der Waals surface area contributed by atoms with Crippen LogP contribution < -0.4 is 0 Å². The second kappa shape index (κ2) is 5.44. The predicted octanol–water partition coefficient (Wildman–Crippen LogP) is 4.57. The molecule has 0 aromatic heterocycles. The number of halogens is 2. The molecule has 92 valence electrons. The van der Waals surface area contributed by atoms with Crippen molar-refractivity contribution >= 4 is 21.7 Å². The fourth-order valence-corrected chi connectivity index (χ4v) is 2.19. The van der Waals surface area contributed by atoms with Crippen LogP contribution in [0, 0.1) is 5.82 Å². The SMILES string of the molecule is CC(C(=O)c1cccc(Br)c1F)c1ccccc1. The van der Waals surface area contributed by atoms with Crippen molar-refractivity contribution in [1.82, 2.24) is 0 Å². The number of hydrogen-bond acceptors (Lipinski definition) is 1. The van der Waals surface area contributed by atoms with E-state index in [0.29, 0.717) is 4.47 Å². The van der Waals surface area contributed by atoms with E-state index in [4.69, 9.17) is 0 Å². The van der Waals surface area contributed by atoms with E-state index in [1.54, 1.807) is 19.1 Å². The lowest BCUT2D eigenvalue weighted by molar-refractivity contribution is 0.0962. The maximum Gasteiger partial charge on any atom is 0.173 e. The Hall–Kier alpha value is -1.48. The Labute approximate surface area is 114 Å². The minimum Gasteiger partial charge on any atom is -0.293 e. The van der Waals surface area contributed by atoms with Gasteiger partial charge < -0.3 is 0 Å². The Bertz CT molecular complexity index is 566. The van der Waals surface area contributed by atoms with Gasteiger partial charge in [0.05, 0.1) is 10.0 Å². The number of benzene rings is 2. The number of carbonyl (C=O) groups is 1. The lowest BCUT2D eigenvalue weighted by Crippen LogP contribution is -2.11. The zero-order valence-electron chi connectivity index (χ0n) is 9.86. The summed E-state index contributed by atoms with van der Waals surface area (Å²) in [5.41, 5.74) is 1.02. The number of ketones is 1. The number of hydrogen-bond donors (Lipinski definition) is 0. The third-order valence-corrected chi connectivity index (χ3v) is 3.52. The molecule has 0 fully saturated rings. The molecule has 1 unspecified atom stereocenters. The molecule has 0 radical (unpaired) electrons. The quantitative estimate of drug-likeness (QED) is 0.759. The smallest absolute Gasteiger partial charge is 0.173 e. The van der Waals surface area contributed by atoms with Crippen molar-refractivity contribution < 1.29 is 9.18 Å². The minimum atomic E-state index is -0.495. The molecule has 1 atom stereocenters. The van der Waals surface area contributed by atoms with Gasteiger partial charge >= 0.3 is 0 Å². The first kappa shape index (κ1) is 13.0. The summed E-state index contributed by atoms with van der Waals surface area (Å²) in [6.07, 6.45) is 0. The van der Waals surface area contributed by atoms with Gasteiger partial charge in [-0.2, -0.15) is 0 Å². The van der Waals surface area contributed by atoms with Crippen LogP contribution in [0.4, 0.5) is 4.39 Å². The second-order valence-corrected chi connectivity index (χ2v) is 4.95. The van der Waals surface area contributed by atoms with Crippen LogP contribution >= 0.6 is 15.9 Å². The highest BCUT2D eigenvalue weighted by Crippen LogP contribution is 2.25. The average Bonchev–Trinajstić information content (AvgIpc) is 2.41. The number of Topliss-reactive ketones (excluding diaryl/α,β-unsaturated/α-hetero) is 1. The molecule has 2 aromatic rings. The van der Waals surface area contributed by atoms with E-state index < -0.39 is 5.82 Å². The van der Waals surface area contributed by atoms with Crippen molar-refractivity contribution in [2.75, 3.05) is 0 Å². The average molecular weight is 307 g/mol. The fourth-order valence-electron chi connectivity index (χ4n) is 1.82. The molecule has 0 aliphatic carbocycles. The van der Waals surface area contributed by atoms with Gasteiger partial charge in [-0.05, 0) is 33.6 Å². The van der Waals surface area contributed by atoms with Crippen LogP contribution in [0.2, 0.25) is 0 Å². The maximum absolute atomic E-state index is 13.9. The molecule has 0 saturated carbocycles. The Balaban J connectivity index is 2.35. The van der Waals surface area contributed by atoms with Crippen molar-refractivity contribution in [2.24, 2.45) is 0 Å². The number of rotatable bonds is 3. The van der Waals surface area contributed by atoms with Crippen LogP contribution in [0.25, 0.3) is 0 Å². The van der Waals surface area contributed by atoms with Crippen molar-refractivity contribution in [1.29, 1.82) is 0 Å². The summed E-state index contributed by atoms with van der Waals surface area (Å²) >= 11 is 3.09. The first-order chi connectivity index (χ1) is 8.61. The van der Waals surface area contributed by atoms with E-state index in [-0.39, 0.29) is 17.3 Å². The molecule has 0 aliphatic heterocycles. The maximum atomic E-state index is 13.9. The molecule has 18 heavy (non-hydrogen) atoms. The van der Waals surface area contributed by atoms with Gasteiger partial charge in [-0.3, -0.25) is 4.79 Å². The van der Waals surface area contributed by atoms with E-state index in [1.165, 1.54) is 6.07 Å². The summed E-state index contributed by atoms with van der Waals surface area (Å²) in [5.74, 6) is -1.06. The van der Waals surface area contributed by atoms with Gasteiger partial charge in [0.1, 0.15) is 5.82 Å². The predicted molar refractivity (Wildman–Crippen MR) is 73.3 cm³/mol. The lowest BCUT2D eigenvalue weighted by Gasteiger charge is -2.11. The van der Waals surface area contributed by atoms with Crippen LogP contribution in [-0.4, -0.2) is 5.78 Å². The molecule has 3 heteroatoms. The largest absolute Gasteiger partial charge is 0.293 e.